The molecule has 140 valence electrons. The number of nitrogens with two attached hydrogens (primary N) is 1. The van der Waals surface area contributed by atoms with E-state index >= 15 is 0 Å². The molecule has 0 saturated carbocycles. The topological polar surface area (TPSA) is 178 Å². The van der Waals surface area contributed by atoms with E-state index in [4.69, 9.17) is 25.7 Å². The second-order valence-electron chi connectivity index (χ2n) is 4.88. The highest BCUT2D eigenvalue weighted by atomic mass is 32.2. The number of guanidine groups is 1. The van der Waals surface area contributed by atoms with Crippen molar-refractivity contribution >= 4 is 22.3 Å². The number of aromatic hydroxyl groups is 2. The molecule has 0 aliphatic rings. The van der Waals surface area contributed by atoms with Crippen molar-refractivity contribution in [2.24, 2.45) is 15.9 Å². The number of aryl methyl sites for hydroxylation is 1. The maximum Gasteiger partial charge on any atom is 0.294 e. The molecule has 0 atom stereocenters. The Morgan fingerprint density at radius 3 is 2.23 bits per heavy atom. The van der Waals surface area contributed by atoms with Crippen molar-refractivity contribution in [2.75, 3.05) is 0 Å². The molecule has 0 aliphatic carbocycles. The second kappa shape index (κ2) is 9.36. The van der Waals surface area contributed by atoms with Crippen molar-refractivity contribution in [3.63, 3.8) is 0 Å². The summed E-state index contributed by atoms with van der Waals surface area (Å²) in [4.78, 5) is -0.0666. The number of rotatable bonds is 3. The Morgan fingerprint density at radius 2 is 1.73 bits per heavy atom. The summed E-state index contributed by atoms with van der Waals surface area (Å²) < 4.78 is 29.6. The highest BCUT2D eigenvalue weighted by molar-refractivity contribution is 7.85. The van der Waals surface area contributed by atoms with Crippen molar-refractivity contribution in [3.8, 4) is 11.5 Å². The number of phenolic OH excluding ortho intramolecular Hbond substituents is 2. The monoisotopic (exact) mass is 382 g/mol. The second-order valence-corrected chi connectivity index (χ2v) is 6.30. The van der Waals surface area contributed by atoms with Crippen LogP contribution in [0.4, 0.5) is 0 Å². The van der Waals surface area contributed by atoms with E-state index in [2.05, 4.69) is 10.2 Å². The normalized spacial score (nSPS) is 11.7. The first kappa shape index (κ1) is 20.9. The van der Waals surface area contributed by atoms with Crippen LogP contribution in [0.3, 0.4) is 0 Å². The zero-order chi connectivity index (χ0) is 19.7. The van der Waals surface area contributed by atoms with Crippen LogP contribution in [0.5, 0.6) is 11.5 Å². The van der Waals surface area contributed by atoms with E-state index < -0.39 is 10.1 Å². The quantitative estimate of drug-likeness (QED) is 0.149. The van der Waals surface area contributed by atoms with Gasteiger partial charge in [0.05, 0.1) is 11.1 Å². The molecule has 0 bridgehead atoms. The fraction of sp³-hybridized carbons (Fsp3) is 0.0667. The van der Waals surface area contributed by atoms with Crippen LogP contribution >= 0.6 is 0 Å². The Balaban J connectivity index is 0.000000273. The minimum atomic E-state index is -4.02. The van der Waals surface area contributed by atoms with Gasteiger partial charge in [0.1, 0.15) is 0 Å². The number of nitrogens with one attached hydrogen (secondary N) is 1. The molecule has 11 heteroatoms. The molecule has 10 nitrogen and oxygen atoms in total. The van der Waals surface area contributed by atoms with Gasteiger partial charge >= 0.3 is 0 Å². The van der Waals surface area contributed by atoms with E-state index in [1.807, 2.05) is 6.92 Å². The summed E-state index contributed by atoms with van der Waals surface area (Å²) in [5.41, 5.74) is 8.16. The lowest BCUT2D eigenvalue weighted by molar-refractivity contribution is 0.232. The number of hydrogen-bond acceptors (Lipinski definition) is 7. The van der Waals surface area contributed by atoms with E-state index in [0.717, 1.165) is 5.56 Å². The van der Waals surface area contributed by atoms with Gasteiger partial charge in [-0.3, -0.25) is 9.76 Å². The van der Waals surface area contributed by atoms with Crippen molar-refractivity contribution in [3.05, 3.63) is 53.6 Å². The van der Waals surface area contributed by atoms with Gasteiger partial charge in [-0.05, 0) is 42.8 Å². The zero-order valence-electron chi connectivity index (χ0n) is 13.6. The van der Waals surface area contributed by atoms with Gasteiger partial charge in [0, 0.05) is 0 Å². The largest absolute Gasteiger partial charge is 0.504 e. The summed E-state index contributed by atoms with van der Waals surface area (Å²) in [5.74, 6) is -0.724. The SMILES string of the molecule is Cc1ccc(S(=O)(=O)O)cc1.N/C(=N\N=C\c1ccc(O)c(O)c1)NO. The Kier molecular flexibility index (Phi) is 7.52. The molecular formula is C15H18N4O6S. The average Bonchev–Trinajstić information content (AvgIpc) is 2.58. The van der Waals surface area contributed by atoms with Crippen LogP contribution in [-0.2, 0) is 10.1 Å². The van der Waals surface area contributed by atoms with Gasteiger partial charge in [-0.1, -0.05) is 17.7 Å². The molecule has 0 saturated heterocycles. The number of hydroxylamine groups is 1. The Hall–Kier alpha value is -3.15. The molecule has 2 rings (SSSR count). The van der Waals surface area contributed by atoms with Crippen molar-refractivity contribution < 1.29 is 28.4 Å². The Labute approximate surface area is 149 Å². The van der Waals surface area contributed by atoms with Gasteiger partial charge in [-0.25, -0.2) is 5.48 Å². The Morgan fingerprint density at radius 1 is 1.12 bits per heavy atom. The zero-order valence-corrected chi connectivity index (χ0v) is 14.4. The minimum absolute atomic E-state index is 0.0666. The molecule has 0 radical (unpaired) electrons. The van der Waals surface area contributed by atoms with E-state index in [9.17, 15) is 8.42 Å². The van der Waals surface area contributed by atoms with Gasteiger partial charge in [-0.15, -0.1) is 5.10 Å². The average molecular weight is 382 g/mol. The van der Waals surface area contributed by atoms with Crippen LogP contribution in [0.1, 0.15) is 11.1 Å². The van der Waals surface area contributed by atoms with Crippen LogP contribution in [0.15, 0.2) is 57.6 Å². The standard InChI is InChI=1S/C8H10N4O3.C7H8O3S/c9-8(12-15)11-10-4-5-1-2-6(13)7(14)3-5;1-6-2-4-7(5-3-6)11(8,9)10/h1-4,13-15H,(H3,9,11,12);2-5H,1H3,(H,8,9,10)/b10-4+;. The van der Waals surface area contributed by atoms with Gasteiger partial charge in [0.25, 0.3) is 10.1 Å². The third-order valence-electron chi connectivity index (χ3n) is 2.81. The first-order valence-corrected chi connectivity index (χ1v) is 8.40. The lowest BCUT2D eigenvalue weighted by atomic mass is 10.2. The van der Waals surface area contributed by atoms with Gasteiger partial charge < -0.3 is 15.9 Å². The summed E-state index contributed by atoms with van der Waals surface area (Å²) in [6.07, 6.45) is 1.30. The minimum Gasteiger partial charge on any atom is -0.504 e. The number of hydrogen-bond donors (Lipinski definition) is 6. The van der Waals surface area contributed by atoms with Crippen LogP contribution < -0.4 is 11.2 Å². The number of nitrogens with zero attached hydrogens (tertiary/aromatic N) is 2. The Bertz CT molecular complexity index is 895. The maximum atomic E-state index is 10.5. The predicted octanol–water partition coefficient (Wildman–Crippen LogP) is 0.967. The summed E-state index contributed by atoms with van der Waals surface area (Å²) in [7, 11) is -4.02. The lowest BCUT2D eigenvalue weighted by Crippen LogP contribution is -2.27. The highest BCUT2D eigenvalue weighted by Gasteiger charge is 2.06. The van der Waals surface area contributed by atoms with Crippen molar-refractivity contribution in [1.82, 2.24) is 5.48 Å². The predicted molar refractivity (Wildman–Crippen MR) is 94.9 cm³/mol. The molecular weight excluding hydrogens is 364 g/mol. The molecule has 0 aliphatic heterocycles. The first-order chi connectivity index (χ1) is 12.1. The van der Waals surface area contributed by atoms with Crippen molar-refractivity contribution in [1.29, 1.82) is 0 Å². The molecule has 0 fully saturated rings. The number of phenols is 2. The van der Waals surface area contributed by atoms with E-state index in [0.29, 0.717) is 5.56 Å². The first-order valence-electron chi connectivity index (χ1n) is 6.96. The van der Waals surface area contributed by atoms with Crippen LogP contribution in [-0.4, -0.2) is 40.6 Å². The summed E-state index contributed by atoms with van der Waals surface area (Å²) in [5, 5.41) is 33.3. The van der Waals surface area contributed by atoms with Gasteiger partial charge in [-0.2, -0.15) is 13.5 Å². The van der Waals surface area contributed by atoms with Crippen LogP contribution in [0.25, 0.3) is 0 Å². The highest BCUT2D eigenvalue weighted by Crippen LogP contribution is 2.23. The van der Waals surface area contributed by atoms with E-state index in [1.165, 1.54) is 36.5 Å². The molecule has 2 aromatic rings. The molecule has 26 heavy (non-hydrogen) atoms. The van der Waals surface area contributed by atoms with E-state index in [1.54, 1.807) is 17.6 Å². The summed E-state index contributed by atoms with van der Waals surface area (Å²) in [6, 6.07) is 10.1. The van der Waals surface area contributed by atoms with Crippen molar-refractivity contribution in [2.45, 2.75) is 11.8 Å². The third kappa shape index (κ3) is 7.17. The molecule has 0 aromatic heterocycles. The molecule has 0 unspecified atom stereocenters. The lowest BCUT2D eigenvalue weighted by Gasteiger charge is -1.97. The molecule has 7 N–H and O–H groups in total. The summed E-state index contributed by atoms with van der Waals surface area (Å²) >= 11 is 0. The smallest absolute Gasteiger partial charge is 0.294 e. The molecule has 0 heterocycles. The fourth-order valence-electron chi connectivity index (χ4n) is 1.51. The fourth-order valence-corrected chi connectivity index (χ4v) is 1.99. The summed E-state index contributed by atoms with van der Waals surface area (Å²) in [6.45, 7) is 1.84. The van der Waals surface area contributed by atoms with E-state index in [-0.39, 0.29) is 22.4 Å². The maximum absolute atomic E-state index is 10.5. The van der Waals surface area contributed by atoms with Crippen LogP contribution in [0.2, 0.25) is 0 Å². The van der Waals surface area contributed by atoms with Gasteiger partial charge in [0.15, 0.2) is 11.5 Å². The molecule has 0 spiro atoms. The third-order valence-corrected chi connectivity index (χ3v) is 3.67. The molecule has 0 amide bonds. The van der Waals surface area contributed by atoms with Crippen LogP contribution in [0, 0.1) is 6.92 Å². The number of benzene rings is 2. The molecule has 2 aromatic carbocycles. The van der Waals surface area contributed by atoms with Gasteiger partial charge in [0.2, 0.25) is 5.96 Å².